The van der Waals surface area contributed by atoms with Crippen LogP contribution in [0.4, 0.5) is 5.69 Å². The molecule has 1 N–H and O–H groups in total. The van der Waals surface area contributed by atoms with Crippen LogP contribution in [0, 0.1) is 10.1 Å². The van der Waals surface area contributed by atoms with Gasteiger partial charge in [0.15, 0.2) is 11.5 Å². The number of carbonyl (C=O) groups excluding carboxylic acids is 1. The zero-order valence-electron chi connectivity index (χ0n) is 23.3. The lowest BCUT2D eigenvalue weighted by molar-refractivity contribution is -0.384. The first-order valence-electron chi connectivity index (χ1n) is 12.5. The molecule has 0 aliphatic heterocycles. The van der Waals surface area contributed by atoms with Crippen molar-refractivity contribution in [1.82, 2.24) is 20.4 Å². The van der Waals surface area contributed by atoms with Crippen LogP contribution in [-0.4, -0.2) is 67.1 Å². The summed E-state index contributed by atoms with van der Waals surface area (Å²) in [5, 5.41) is 23.2. The molecule has 0 saturated carbocycles. The second-order valence-corrected chi connectivity index (χ2v) is 8.54. The van der Waals surface area contributed by atoms with Crippen LogP contribution in [0.3, 0.4) is 0 Å². The molecule has 0 atom stereocenters. The molecular formula is C28H28N6O8. The van der Waals surface area contributed by atoms with E-state index < -0.39 is 10.8 Å². The second kappa shape index (κ2) is 13.6. The minimum absolute atomic E-state index is 0.106. The standard InChI is InChI=1S/C28H28N6O8/c1-38-21-14-25(40-3)27(26(15-21)41-4)22-17-33(32-30-22)11-12-42-23-10-5-18(13-24(23)39-2)16-29-31-28(35)19-6-8-20(9-7-19)34(36)37/h5-10,13-17H,11-12H2,1-4H3,(H,31,35)/b29-16+. The Balaban J connectivity index is 1.36. The van der Waals surface area contributed by atoms with E-state index in [0.717, 1.165) is 0 Å². The Morgan fingerprint density at radius 3 is 2.26 bits per heavy atom. The van der Waals surface area contributed by atoms with Crippen molar-refractivity contribution in [1.29, 1.82) is 0 Å². The first-order valence-corrected chi connectivity index (χ1v) is 12.5. The molecule has 0 saturated heterocycles. The minimum Gasteiger partial charge on any atom is -0.496 e. The van der Waals surface area contributed by atoms with E-state index in [1.165, 1.54) is 37.6 Å². The third-order valence-corrected chi connectivity index (χ3v) is 6.00. The number of hydrogen-bond donors (Lipinski definition) is 1. The van der Waals surface area contributed by atoms with E-state index in [4.69, 9.17) is 23.7 Å². The van der Waals surface area contributed by atoms with Crippen molar-refractivity contribution in [2.24, 2.45) is 5.10 Å². The molecule has 0 unspecified atom stereocenters. The van der Waals surface area contributed by atoms with Gasteiger partial charge in [0.25, 0.3) is 11.6 Å². The van der Waals surface area contributed by atoms with Crippen LogP contribution >= 0.6 is 0 Å². The number of nitrogens with one attached hydrogen (secondary N) is 1. The number of amides is 1. The molecule has 1 aromatic heterocycles. The Hall–Kier alpha value is -5.66. The Morgan fingerprint density at radius 2 is 1.64 bits per heavy atom. The van der Waals surface area contributed by atoms with E-state index in [0.29, 0.717) is 52.1 Å². The predicted molar refractivity (Wildman–Crippen MR) is 152 cm³/mol. The molecule has 1 amide bonds. The summed E-state index contributed by atoms with van der Waals surface area (Å²) in [7, 11) is 6.18. The summed E-state index contributed by atoms with van der Waals surface area (Å²) in [6, 6.07) is 13.9. The van der Waals surface area contributed by atoms with Crippen molar-refractivity contribution in [3.63, 3.8) is 0 Å². The first-order chi connectivity index (χ1) is 20.4. The van der Waals surface area contributed by atoms with E-state index in [1.807, 2.05) is 0 Å². The summed E-state index contributed by atoms with van der Waals surface area (Å²) in [4.78, 5) is 22.5. The van der Waals surface area contributed by atoms with Crippen LogP contribution in [0.1, 0.15) is 15.9 Å². The number of carbonyl (C=O) groups is 1. The number of benzene rings is 3. The quantitative estimate of drug-likeness (QED) is 0.141. The van der Waals surface area contributed by atoms with Crippen molar-refractivity contribution in [2.75, 3.05) is 35.0 Å². The topological polar surface area (TPSA) is 161 Å². The Morgan fingerprint density at radius 1 is 0.952 bits per heavy atom. The largest absolute Gasteiger partial charge is 0.496 e. The average molecular weight is 577 g/mol. The summed E-state index contributed by atoms with van der Waals surface area (Å²) in [6.07, 6.45) is 3.20. The van der Waals surface area contributed by atoms with Gasteiger partial charge in [-0.15, -0.1) is 5.10 Å². The number of hydrazone groups is 1. The number of nitrogens with zero attached hydrogens (tertiary/aromatic N) is 5. The van der Waals surface area contributed by atoms with E-state index in [-0.39, 0.29) is 17.9 Å². The van der Waals surface area contributed by atoms with Gasteiger partial charge in [0, 0.05) is 29.8 Å². The van der Waals surface area contributed by atoms with Gasteiger partial charge < -0.3 is 23.7 Å². The number of methoxy groups -OCH3 is 4. The van der Waals surface area contributed by atoms with E-state index in [1.54, 1.807) is 62.5 Å². The van der Waals surface area contributed by atoms with Gasteiger partial charge in [0.05, 0.1) is 57.9 Å². The van der Waals surface area contributed by atoms with Gasteiger partial charge >= 0.3 is 0 Å². The average Bonchev–Trinajstić information content (AvgIpc) is 3.49. The summed E-state index contributed by atoms with van der Waals surface area (Å²) < 4.78 is 29.3. The van der Waals surface area contributed by atoms with E-state index in [2.05, 4.69) is 20.8 Å². The van der Waals surface area contributed by atoms with Crippen LogP contribution in [0.15, 0.2) is 65.9 Å². The fourth-order valence-electron chi connectivity index (χ4n) is 3.88. The fourth-order valence-corrected chi connectivity index (χ4v) is 3.88. The summed E-state index contributed by atoms with van der Waals surface area (Å²) >= 11 is 0. The van der Waals surface area contributed by atoms with Crippen molar-refractivity contribution in [3.8, 4) is 40.0 Å². The Kier molecular flexibility index (Phi) is 9.50. The summed E-state index contributed by atoms with van der Waals surface area (Å²) in [5.74, 6) is 2.12. The lowest BCUT2D eigenvalue weighted by atomic mass is 10.1. The van der Waals surface area contributed by atoms with Crippen molar-refractivity contribution < 1.29 is 33.4 Å². The highest BCUT2D eigenvalue weighted by Gasteiger charge is 2.18. The fraction of sp³-hybridized carbons (Fsp3) is 0.214. The van der Waals surface area contributed by atoms with Crippen molar-refractivity contribution in [2.45, 2.75) is 6.54 Å². The molecule has 42 heavy (non-hydrogen) atoms. The molecular weight excluding hydrogens is 548 g/mol. The van der Waals surface area contributed by atoms with Gasteiger partial charge in [-0.05, 0) is 35.9 Å². The monoisotopic (exact) mass is 576 g/mol. The molecule has 0 fully saturated rings. The van der Waals surface area contributed by atoms with Crippen molar-refractivity contribution >= 4 is 17.8 Å². The van der Waals surface area contributed by atoms with Gasteiger partial charge in [-0.3, -0.25) is 14.9 Å². The summed E-state index contributed by atoms with van der Waals surface area (Å²) in [5.41, 5.74) is 4.37. The third kappa shape index (κ3) is 6.91. The zero-order chi connectivity index (χ0) is 30.1. The first kappa shape index (κ1) is 29.3. The highest BCUT2D eigenvalue weighted by Crippen LogP contribution is 2.40. The molecule has 4 rings (SSSR count). The number of nitro groups is 1. The van der Waals surface area contributed by atoms with Crippen LogP contribution in [0.5, 0.6) is 28.7 Å². The highest BCUT2D eigenvalue weighted by atomic mass is 16.6. The molecule has 4 aromatic rings. The van der Waals surface area contributed by atoms with Crippen LogP contribution in [0.25, 0.3) is 11.3 Å². The zero-order valence-corrected chi connectivity index (χ0v) is 23.3. The number of non-ortho nitro benzene ring substituents is 1. The van der Waals surface area contributed by atoms with Crippen LogP contribution < -0.4 is 29.1 Å². The maximum Gasteiger partial charge on any atom is 0.271 e. The molecule has 3 aromatic carbocycles. The van der Waals surface area contributed by atoms with Crippen LogP contribution in [-0.2, 0) is 6.54 Å². The van der Waals surface area contributed by atoms with Gasteiger partial charge in [-0.2, -0.15) is 5.10 Å². The smallest absolute Gasteiger partial charge is 0.271 e. The molecule has 14 heteroatoms. The highest BCUT2D eigenvalue weighted by molar-refractivity contribution is 5.95. The predicted octanol–water partition coefficient (Wildman–Crippen LogP) is 3.73. The molecule has 0 aliphatic rings. The van der Waals surface area contributed by atoms with Gasteiger partial charge in [-0.25, -0.2) is 10.1 Å². The molecule has 0 radical (unpaired) electrons. The third-order valence-electron chi connectivity index (χ3n) is 6.00. The van der Waals surface area contributed by atoms with Crippen molar-refractivity contribution in [3.05, 3.63) is 82.0 Å². The number of ether oxygens (including phenoxy) is 5. The molecule has 0 spiro atoms. The van der Waals surface area contributed by atoms with E-state index in [9.17, 15) is 14.9 Å². The SMILES string of the molecule is COc1cc(OC)c(-c2cn(CCOc3ccc(/C=N/NC(=O)c4ccc([N+](=O)[O-])cc4)cc3OC)nn2)c(OC)c1. The second-order valence-electron chi connectivity index (χ2n) is 8.54. The number of aromatic nitrogens is 3. The Labute approximate surface area is 240 Å². The van der Waals surface area contributed by atoms with Gasteiger partial charge in [0.2, 0.25) is 0 Å². The summed E-state index contributed by atoms with van der Waals surface area (Å²) in [6.45, 7) is 0.670. The number of hydrogen-bond acceptors (Lipinski definition) is 11. The van der Waals surface area contributed by atoms with E-state index >= 15 is 0 Å². The lowest BCUT2D eigenvalue weighted by Crippen LogP contribution is -2.17. The molecule has 14 nitrogen and oxygen atoms in total. The maximum absolute atomic E-state index is 12.2. The molecule has 1 heterocycles. The Bertz CT molecular complexity index is 1560. The number of nitro benzene ring substituents is 1. The lowest BCUT2D eigenvalue weighted by Gasteiger charge is -2.13. The maximum atomic E-state index is 12.2. The molecule has 0 bridgehead atoms. The van der Waals surface area contributed by atoms with Crippen LogP contribution in [0.2, 0.25) is 0 Å². The normalized spacial score (nSPS) is 10.8. The van der Waals surface area contributed by atoms with Gasteiger partial charge in [-0.1, -0.05) is 5.21 Å². The minimum atomic E-state index is -0.537. The molecule has 0 aliphatic carbocycles. The van der Waals surface area contributed by atoms with Gasteiger partial charge in [0.1, 0.15) is 29.5 Å². The molecule has 218 valence electrons. The number of rotatable bonds is 13.